The number of carbonyl (C=O) groups is 3. The van der Waals surface area contributed by atoms with Gasteiger partial charge in [-0.25, -0.2) is 4.57 Å². The Labute approximate surface area is 486 Å². The van der Waals surface area contributed by atoms with Crippen LogP contribution >= 0.6 is 7.82 Å². The van der Waals surface area contributed by atoms with Crippen molar-refractivity contribution >= 4 is 25.7 Å². The van der Waals surface area contributed by atoms with E-state index < -0.39 is 57.8 Å². The summed E-state index contributed by atoms with van der Waals surface area (Å²) in [6, 6.07) is 0. The molecule has 3 unspecified atom stereocenters. The summed E-state index contributed by atoms with van der Waals surface area (Å²) in [5.74, 6) is -1.58. The average Bonchev–Trinajstić information content (AvgIpc) is 3.45. The molecule has 11 nitrogen and oxygen atoms in total. The number of rotatable bonds is 55. The van der Waals surface area contributed by atoms with Crippen LogP contribution in [0.15, 0.2) is 146 Å². The number of carbonyl (C=O) groups excluding carboxylic acids is 3. The number of allylic oxidation sites excluding steroid dienone is 24. The summed E-state index contributed by atoms with van der Waals surface area (Å²) in [5, 5.41) is 9.83. The van der Waals surface area contributed by atoms with Crippen molar-refractivity contribution in [2.75, 3.05) is 26.4 Å². The van der Waals surface area contributed by atoms with Gasteiger partial charge in [0, 0.05) is 19.3 Å². The van der Waals surface area contributed by atoms with E-state index in [0.717, 1.165) is 141 Å². The van der Waals surface area contributed by atoms with Crippen LogP contribution in [0.4, 0.5) is 0 Å². The van der Waals surface area contributed by atoms with Crippen molar-refractivity contribution in [3.63, 3.8) is 0 Å². The molecule has 0 radical (unpaired) electrons. The van der Waals surface area contributed by atoms with E-state index in [4.69, 9.17) is 23.3 Å². The maximum atomic E-state index is 12.9. The quantitative estimate of drug-likeness (QED) is 0.0197. The summed E-state index contributed by atoms with van der Waals surface area (Å²) >= 11 is 0. The summed E-state index contributed by atoms with van der Waals surface area (Å²) in [4.78, 5) is 48.7. The van der Waals surface area contributed by atoms with Gasteiger partial charge in [0.25, 0.3) is 0 Å². The third kappa shape index (κ3) is 58.0. The Morgan fingerprint density at radius 3 is 1.04 bits per heavy atom. The Kier molecular flexibility index (Phi) is 56.9. The van der Waals surface area contributed by atoms with Gasteiger partial charge in [-0.3, -0.25) is 23.4 Å². The highest BCUT2D eigenvalue weighted by atomic mass is 31.2. The van der Waals surface area contributed by atoms with Gasteiger partial charge in [0.05, 0.1) is 19.8 Å². The van der Waals surface area contributed by atoms with Crippen molar-refractivity contribution in [3.8, 4) is 0 Å². The Morgan fingerprint density at radius 2 is 0.650 bits per heavy atom. The number of ether oxygens (including phenoxy) is 3. The summed E-state index contributed by atoms with van der Waals surface area (Å²) in [6.07, 6.45) is 78.0. The smallest absolute Gasteiger partial charge is 0.462 e. The maximum absolute atomic E-state index is 12.9. The molecule has 452 valence electrons. The molecule has 0 amide bonds. The van der Waals surface area contributed by atoms with E-state index in [1.807, 2.05) is 0 Å². The summed E-state index contributed by atoms with van der Waals surface area (Å²) in [7, 11) is -4.79. The van der Waals surface area contributed by atoms with Gasteiger partial charge in [0.2, 0.25) is 0 Å². The molecule has 0 aliphatic carbocycles. The van der Waals surface area contributed by atoms with Gasteiger partial charge in [-0.2, -0.15) is 0 Å². The van der Waals surface area contributed by atoms with Gasteiger partial charge in [-0.15, -0.1) is 0 Å². The first-order valence-electron chi connectivity index (χ1n) is 30.7. The predicted octanol–water partition coefficient (Wildman–Crippen LogP) is 18.7. The molecule has 12 heteroatoms. The van der Waals surface area contributed by atoms with Crippen molar-refractivity contribution in [2.24, 2.45) is 0 Å². The molecule has 0 aliphatic rings. The second kappa shape index (κ2) is 60.5. The van der Waals surface area contributed by atoms with Gasteiger partial charge < -0.3 is 24.2 Å². The van der Waals surface area contributed by atoms with Crippen LogP contribution in [0.2, 0.25) is 0 Å². The van der Waals surface area contributed by atoms with Crippen LogP contribution in [-0.4, -0.2) is 66.5 Å². The number of phosphoric acid groups is 1. The lowest BCUT2D eigenvalue weighted by Gasteiger charge is -2.21. The van der Waals surface area contributed by atoms with Gasteiger partial charge >= 0.3 is 25.7 Å². The zero-order valence-corrected chi connectivity index (χ0v) is 50.9. The summed E-state index contributed by atoms with van der Waals surface area (Å²) in [6.45, 7) is 4.28. The number of phosphoric ester groups is 1. The van der Waals surface area contributed by atoms with Crippen LogP contribution in [0.1, 0.15) is 226 Å². The average molecular weight is 1130 g/mol. The van der Waals surface area contributed by atoms with Gasteiger partial charge in [-0.1, -0.05) is 212 Å². The molecular formula is C68H109O11P. The molecule has 3 atom stereocenters. The first-order chi connectivity index (χ1) is 39.2. The van der Waals surface area contributed by atoms with Crippen molar-refractivity contribution in [2.45, 2.75) is 238 Å². The molecule has 0 heterocycles. The molecule has 0 aromatic rings. The van der Waals surface area contributed by atoms with E-state index >= 15 is 0 Å². The van der Waals surface area contributed by atoms with Gasteiger partial charge in [0.1, 0.15) is 12.7 Å². The summed E-state index contributed by atoms with van der Waals surface area (Å²) < 4.78 is 39.5. The molecule has 0 aliphatic heterocycles. The lowest BCUT2D eigenvalue weighted by Crippen LogP contribution is -2.30. The number of esters is 3. The number of hydrogen-bond donors (Lipinski definition) is 2. The number of aliphatic hydroxyl groups excluding tert-OH is 1. The minimum Gasteiger partial charge on any atom is -0.462 e. The van der Waals surface area contributed by atoms with E-state index in [2.05, 4.69) is 167 Å². The largest absolute Gasteiger partial charge is 0.472 e. The zero-order valence-electron chi connectivity index (χ0n) is 50.0. The lowest BCUT2D eigenvalue weighted by molar-refractivity contribution is -0.161. The normalized spacial score (nSPS) is 14.3. The first-order valence-corrected chi connectivity index (χ1v) is 32.2. The SMILES string of the molecule is CC/C=C\C/C=C\C/C=C\C/C=C\C/C=C\CCCCCC(=O)OC(COC(=O)CCCCCCCC/C=C\C/C=C\C/C=C\CCCCC)COP(=O)(O)OCC(CO)OC(=O)CCCC/C=C\C/C=C\C/C=C\C/C=C\CC. The molecule has 80 heavy (non-hydrogen) atoms. The Morgan fingerprint density at radius 1 is 0.362 bits per heavy atom. The highest BCUT2D eigenvalue weighted by Gasteiger charge is 2.28. The van der Waals surface area contributed by atoms with Crippen molar-refractivity contribution in [1.29, 1.82) is 0 Å². The van der Waals surface area contributed by atoms with Crippen molar-refractivity contribution in [3.05, 3.63) is 146 Å². The van der Waals surface area contributed by atoms with Crippen LogP contribution in [-0.2, 0) is 42.2 Å². The second-order valence-electron chi connectivity index (χ2n) is 19.7. The molecule has 0 spiro atoms. The van der Waals surface area contributed by atoms with Crippen LogP contribution in [0.25, 0.3) is 0 Å². The molecule has 0 saturated carbocycles. The standard InChI is InChI=1S/C68H109O11P/c1-4-7-10-13-16-19-22-25-28-30-32-34-37-39-42-45-48-51-54-57-66(70)75-61-65(79-68(72)59-56-53-50-47-44-41-38-35-33-31-29-26-23-20-17-14-11-8-5-2)63-77-80(73,74)76-62-64(60-69)78-67(71)58-55-52-49-46-43-40-36-27-24-21-18-15-12-9-6-3/h8-9,11-12,16-21,25-29,32-36,41,43-44,46,64-65,69H,4-7,10,13-15,22-24,30-31,37-40,42,45,47-63H2,1-3H3,(H,73,74)/b11-8-,12-9-,19-16-,20-17-,21-18-,28-25-,29-26-,34-32-,35-33-,36-27-,44-41-,46-43-. The first kappa shape index (κ1) is 75.4. The Hall–Kier alpha value is -4.64. The fourth-order valence-electron chi connectivity index (χ4n) is 7.61. The van der Waals surface area contributed by atoms with Gasteiger partial charge in [-0.05, 0) is 141 Å². The van der Waals surface area contributed by atoms with E-state index in [1.54, 1.807) is 0 Å². The van der Waals surface area contributed by atoms with Gasteiger partial charge in [0.15, 0.2) is 6.10 Å². The predicted molar refractivity (Wildman–Crippen MR) is 334 cm³/mol. The molecule has 2 N–H and O–H groups in total. The molecule has 0 saturated heterocycles. The molecular weight excluding hydrogens is 1020 g/mol. The topological polar surface area (TPSA) is 155 Å². The third-order valence-corrected chi connectivity index (χ3v) is 13.2. The molecule has 0 aromatic carbocycles. The third-order valence-electron chi connectivity index (χ3n) is 12.2. The van der Waals surface area contributed by atoms with Crippen molar-refractivity contribution < 1.29 is 52.2 Å². The fourth-order valence-corrected chi connectivity index (χ4v) is 8.40. The van der Waals surface area contributed by atoms with Crippen LogP contribution in [0.5, 0.6) is 0 Å². The number of aliphatic hydroxyl groups is 1. The van der Waals surface area contributed by atoms with Crippen LogP contribution in [0, 0.1) is 0 Å². The lowest BCUT2D eigenvalue weighted by atomic mass is 10.1. The monoisotopic (exact) mass is 1130 g/mol. The van der Waals surface area contributed by atoms with E-state index in [1.165, 1.54) is 25.7 Å². The van der Waals surface area contributed by atoms with E-state index in [0.29, 0.717) is 19.3 Å². The Balaban J connectivity index is 4.87. The number of hydrogen-bond acceptors (Lipinski definition) is 10. The molecule has 0 bridgehead atoms. The van der Waals surface area contributed by atoms with E-state index in [9.17, 15) is 28.9 Å². The number of unbranched alkanes of at least 4 members (excludes halogenated alkanes) is 14. The minimum absolute atomic E-state index is 0.113. The highest BCUT2D eigenvalue weighted by Crippen LogP contribution is 2.43. The zero-order chi connectivity index (χ0) is 58.3. The van der Waals surface area contributed by atoms with Crippen LogP contribution < -0.4 is 0 Å². The fraction of sp³-hybridized carbons (Fsp3) is 0.603. The second-order valence-corrected chi connectivity index (χ2v) is 21.2. The highest BCUT2D eigenvalue weighted by molar-refractivity contribution is 7.47. The Bertz CT molecular complexity index is 1900. The summed E-state index contributed by atoms with van der Waals surface area (Å²) in [5.41, 5.74) is 0. The molecule has 0 aromatic heterocycles. The van der Waals surface area contributed by atoms with Crippen molar-refractivity contribution in [1.82, 2.24) is 0 Å². The molecule has 0 fully saturated rings. The molecule has 0 rings (SSSR count). The van der Waals surface area contributed by atoms with E-state index in [-0.39, 0.29) is 25.9 Å². The minimum atomic E-state index is -4.79. The maximum Gasteiger partial charge on any atom is 0.472 e. The van der Waals surface area contributed by atoms with Crippen LogP contribution in [0.3, 0.4) is 0 Å².